The minimum absolute atomic E-state index is 0.592. The monoisotopic (exact) mass is 234 g/mol. The zero-order chi connectivity index (χ0) is 12.1. The largest absolute Gasteiger partial charge is 0.234 e. The van der Waals surface area contributed by atoms with Crippen molar-refractivity contribution in [3.63, 3.8) is 0 Å². The molecule has 0 aromatic carbocycles. The second-order valence-electron chi connectivity index (χ2n) is 5.30. The number of hydrogen-bond donors (Lipinski definition) is 0. The molecule has 0 radical (unpaired) electrons. The van der Waals surface area contributed by atoms with Crippen molar-refractivity contribution in [2.75, 3.05) is 13.1 Å². The van der Waals surface area contributed by atoms with Crippen LogP contribution in [0.2, 0.25) is 0 Å². The molecule has 17 heavy (non-hydrogen) atoms. The van der Waals surface area contributed by atoms with E-state index in [2.05, 4.69) is 9.98 Å². The highest BCUT2D eigenvalue weighted by Crippen LogP contribution is 2.53. The standard InChI is InChI=1S/C13H18N2O2/c16-8-14-3-1-2-11-4-10-5-12(7-15-9-17)13(11)6-10/h10-13H,1-7H2. The summed E-state index contributed by atoms with van der Waals surface area (Å²) in [5.41, 5.74) is 0. The molecule has 2 bridgehead atoms. The van der Waals surface area contributed by atoms with Gasteiger partial charge in [0.25, 0.3) is 0 Å². The van der Waals surface area contributed by atoms with Gasteiger partial charge in [0.05, 0.1) is 13.1 Å². The third-order valence-electron chi connectivity index (χ3n) is 4.39. The summed E-state index contributed by atoms with van der Waals surface area (Å²) >= 11 is 0. The van der Waals surface area contributed by atoms with Crippen molar-refractivity contribution in [2.24, 2.45) is 33.7 Å². The molecule has 0 saturated heterocycles. The van der Waals surface area contributed by atoms with Gasteiger partial charge < -0.3 is 0 Å². The van der Waals surface area contributed by atoms with Crippen molar-refractivity contribution in [3.8, 4) is 0 Å². The quantitative estimate of drug-likeness (QED) is 0.401. The average Bonchev–Trinajstić information content (AvgIpc) is 2.91. The molecule has 2 rings (SSSR count). The van der Waals surface area contributed by atoms with Gasteiger partial charge in [-0.05, 0) is 55.8 Å². The summed E-state index contributed by atoms with van der Waals surface area (Å²) in [6.07, 6.45) is 9.21. The Balaban J connectivity index is 1.80. The molecule has 4 unspecified atom stereocenters. The first-order valence-corrected chi connectivity index (χ1v) is 6.42. The third kappa shape index (κ3) is 2.91. The maximum atomic E-state index is 10.2. The van der Waals surface area contributed by atoms with Gasteiger partial charge in [0.2, 0.25) is 12.2 Å². The van der Waals surface area contributed by atoms with Gasteiger partial charge in [-0.3, -0.25) is 0 Å². The first-order valence-electron chi connectivity index (χ1n) is 6.42. The fraction of sp³-hybridized carbons (Fsp3) is 0.846. The maximum absolute atomic E-state index is 10.2. The predicted octanol–water partition coefficient (Wildman–Crippen LogP) is 2.10. The highest BCUT2D eigenvalue weighted by Gasteiger charge is 2.45. The lowest BCUT2D eigenvalue weighted by Crippen LogP contribution is -2.22. The first-order chi connectivity index (χ1) is 8.35. The van der Waals surface area contributed by atoms with Crippen molar-refractivity contribution in [1.29, 1.82) is 0 Å². The molecule has 2 fully saturated rings. The molecule has 0 aromatic heterocycles. The Kier molecular flexibility index (Phi) is 4.24. The number of isocyanates is 2. The summed E-state index contributed by atoms with van der Waals surface area (Å²) in [6, 6.07) is 0. The van der Waals surface area contributed by atoms with Crippen molar-refractivity contribution in [2.45, 2.75) is 32.1 Å². The van der Waals surface area contributed by atoms with E-state index in [1.165, 1.54) is 19.3 Å². The van der Waals surface area contributed by atoms with Gasteiger partial charge in [0.15, 0.2) is 0 Å². The van der Waals surface area contributed by atoms with E-state index < -0.39 is 0 Å². The fourth-order valence-corrected chi connectivity index (χ4v) is 3.82. The van der Waals surface area contributed by atoms with E-state index in [0.717, 1.165) is 30.6 Å². The lowest BCUT2D eigenvalue weighted by molar-refractivity contribution is 0.230. The molecule has 0 spiro atoms. The van der Waals surface area contributed by atoms with E-state index in [4.69, 9.17) is 0 Å². The third-order valence-corrected chi connectivity index (χ3v) is 4.39. The van der Waals surface area contributed by atoms with E-state index in [1.54, 1.807) is 12.2 Å². The van der Waals surface area contributed by atoms with Crippen LogP contribution in [0.4, 0.5) is 0 Å². The van der Waals surface area contributed by atoms with Gasteiger partial charge in [-0.25, -0.2) is 19.6 Å². The number of aliphatic imine (C=N–C) groups is 2. The highest BCUT2D eigenvalue weighted by atomic mass is 16.1. The number of rotatable bonds is 6. The van der Waals surface area contributed by atoms with Crippen LogP contribution in [0.3, 0.4) is 0 Å². The van der Waals surface area contributed by atoms with Crippen LogP contribution in [0, 0.1) is 23.7 Å². The van der Waals surface area contributed by atoms with Gasteiger partial charge in [-0.2, -0.15) is 0 Å². The first kappa shape index (κ1) is 12.2. The molecule has 0 amide bonds. The minimum atomic E-state index is 0.592. The van der Waals surface area contributed by atoms with Crippen molar-refractivity contribution < 1.29 is 9.59 Å². The molecular formula is C13H18N2O2. The fourth-order valence-electron chi connectivity index (χ4n) is 3.82. The van der Waals surface area contributed by atoms with Crippen molar-refractivity contribution in [3.05, 3.63) is 0 Å². The summed E-state index contributed by atoms with van der Waals surface area (Å²) in [5, 5.41) is 0. The maximum Gasteiger partial charge on any atom is 0.234 e. The molecule has 92 valence electrons. The molecule has 2 aliphatic rings. The highest BCUT2D eigenvalue weighted by molar-refractivity contribution is 5.33. The van der Waals surface area contributed by atoms with E-state index in [1.807, 2.05) is 0 Å². The second-order valence-corrected chi connectivity index (χ2v) is 5.30. The molecular weight excluding hydrogens is 216 g/mol. The van der Waals surface area contributed by atoms with Gasteiger partial charge in [0.1, 0.15) is 0 Å². The van der Waals surface area contributed by atoms with Gasteiger partial charge in [-0.15, -0.1) is 0 Å². The summed E-state index contributed by atoms with van der Waals surface area (Å²) in [6.45, 7) is 1.27. The lowest BCUT2D eigenvalue weighted by atomic mass is 9.78. The average molecular weight is 234 g/mol. The SMILES string of the molecule is O=C=NCCCC1CC2CC(CN=C=O)C1C2. The summed E-state index contributed by atoms with van der Waals surface area (Å²) in [7, 11) is 0. The lowest BCUT2D eigenvalue weighted by Gasteiger charge is -2.28. The second kappa shape index (κ2) is 5.90. The molecule has 4 nitrogen and oxygen atoms in total. The number of hydrogen-bond acceptors (Lipinski definition) is 4. The van der Waals surface area contributed by atoms with Crippen LogP contribution in [-0.2, 0) is 9.59 Å². The summed E-state index contributed by atoms with van der Waals surface area (Å²) < 4.78 is 0. The van der Waals surface area contributed by atoms with Crippen LogP contribution >= 0.6 is 0 Å². The molecule has 0 N–H and O–H groups in total. The Morgan fingerprint density at radius 1 is 1.00 bits per heavy atom. The number of fused-ring (bicyclic) bond motifs is 2. The van der Waals surface area contributed by atoms with Crippen LogP contribution in [-0.4, -0.2) is 25.2 Å². The topological polar surface area (TPSA) is 58.9 Å². The van der Waals surface area contributed by atoms with Crippen LogP contribution in [0.5, 0.6) is 0 Å². The summed E-state index contributed by atoms with van der Waals surface area (Å²) in [4.78, 5) is 27.4. The Bertz CT molecular complexity index is 356. The molecule has 0 aromatic rings. The zero-order valence-electron chi connectivity index (χ0n) is 9.97. The molecule has 4 heteroatoms. The molecule has 4 atom stereocenters. The number of nitrogens with zero attached hydrogens (tertiary/aromatic N) is 2. The normalized spacial score (nSPS) is 34.1. The van der Waals surface area contributed by atoms with Crippen LogP contribution in [0.15, 0.2) is 9.98 Å². The van der Waals surface area contributed by atoms with Crippen LogP contribution < -0.4 is 0 Å². The Hall–Kier alpha value is -1.24. The van der Waals surface area contributed by atoms with E-state index in [9.17, 15) is 9.59 Å². The smallest absolute Gasteiger partial charge is 0.211 e. The minimum Gasteiger partial charge on any atom is -0.211 e. The van der Waals surface area contributed by atoms with E-state index in [0.29, 0.717) is 19.0 Å². The Labute approximate surface area is 101 Å². The predicted molar refractivity (Wildman–Crippen MR) is 63.0 cm³/mol. The van der Waals surface area contributed by atoms with Gasteiger partial charge >= 0.3 is 0 Å². The van der Waals surface area contributed by atoms with Crippen LogP contribution in [0.1, 0.15) is 32.1 Å². The van der Waals surface area contributed by atoms with Gasteiger partial charge in [-0.1, -0.05) is 0 Å². The Morgan fingerprint density at radius 2 is 1.76 bits per heavy atom. The Morgan fingerprint density at radius 3 is 2.47 bits per heavy atom. The molecule has 0 heterocycles. The zero-order valence-corrected chi connectivity index (χ0v) is 9.97. The van der Waals surface area contributed by atoms with E-state index >= 15 is 0 Å². The molecule has 2 aliphatic carbocycles. The van der Waals surface area contributed by atoms with Gasteiger partial charge in [0, 0.05) is 0 Å². The van der Waals surface area contributed by atoms with Crippen molar-refractivity contribution >= 4 is 12.2 Å². The van der Waals surface area contributed by atoms with E-state index in [-0.39, 0.29) is 0 Å². The number of carbonyl (C=O) groups excluding carboxylic acids is 2. The molecule has 2 saturated carbocycles. The van der Waals surface area contributed by atoms with Crippen molar-refractivity contribution in [1.82, 2.24) is 0 Å². The summed E-state index contributed by atoms with van der Waals surface area (Å²) in [5.74, 6) is 2.92. The molecule has 0 aliphatic heterocycles. The van der Waals surface area contributed by atoms with Crippen LogP contribution in [0.25, 0.3) is 0 Å².